The normalized spacial score (nSPS) is 15.2. The van der Waals surface area contributed by atoms with Crippen LogP contribution < -0.4 is 0 Å². The Bertz CT molecular complexity index is 521. The van der Waals surface area contributed by atoms with Gasteiger partial charge in [0.25, 0.3) is 0 Å². The van der Waals surface area contributed by atoms with Gasteiger partial charge in [0.1, 0.15) is 6.10 Å². The van der Waals surface area contributed by atoms with E-state index in [1.165, 1.54) is 12.5 Å². The zero-order chi connectivity index (χ0) is 20.3. The fourth-order valence-electron chi connectivity index (χ4n) is 3.20. The predicted molar refractivity (Wildman–Crippen MR) is 110 cm³/mol. The molecule has 4 heteroatoms. The van der Waals surface area contributed by atoms with E-state index in [1.54, 1.807) is 0 Å². The van der Waals surface area contributed by atoms with Gasteiger partial charge >= 0.3 is 5.97 Å². The number of hydrogen-bond acceptors (Lipinski definition) is 4. The van der Waals surface area contributed by atoms with Gasteiger partial charge in [0.2, 0.25) is 0 Å². The summed E-state index contributed by atoms with van der Waals surface area (Å²) >= 11 is 0. The van der Waals surface area contributed by atoms with E-state index in [-0.39, 0.29) is 29.7 Å². The first-order valence-corrected chi connectivity index (χ1v) is 10.2. The highest BCUT2D eigenvalue weighted by Crippen LogP contribution is 2.26. The quantitative estimate of drug-likeness (QED) is 0.354. The lowest BCUT2D eigenvalue weighted by molar-refractivity contribution is -0.157. The summed E-state index contributed by atoms with van der Waals surface area (Å²) in [6.07, 6.45) is 3.55. The molecule has 0 aliphatic carbocycles. The molecule has 3 atom stereocenters. The van der Waals surface area contributed by atoms with Crippen molar-refractivity contribution in [2.24, 2.45) is 5.92 Å². The van der Waals surface area contributed by atoms with Gasteiger partial charge in [-0.2, -0.15) is 0 Å². The zero-order valence-electron chi connectivity index (χ0n) is 18.0. The molecule has 1 aromatic carbocycles. The summed E-state index contributed by atoms with van der Waals surface area (Å²) < 4.78 is 17.7. The van der Waals surface area contributed by atoms with Crippen molar-refractivity contribution in [3.8, 4) is 0 Å². The maximum Gasteiger partial charge on any atom is 0.302 e. The molecule has 0 saturated heterocycles. The van der Waals surface area contributed by atoms with E-state index >= 15 is 0 Å². The maximum absolute atomic E-state index is 11.5. The summed E-state index contributed by atoms with van der Waals surface area (Å²) in [5.74, 6) is -0.0804. The van der Waals surface area contributed by atoms with Crippen LogP contribution >= 0.6 is 0 Å². The molecule has 0 aliphatic rings. The van der Waals surface area contributed by atoms with E-state index in [4.69, 9.17) is 14.2 Å². The number of esters is 1. The Balaban J connectivity index is 2.57. The number of benzene rings is 1. The summed E-state index contributed by atoms with van der Waals surface area (Å²) in [6, 6.07) is 10.2. The van der Waals surface area contributed by atoms with Crippen molar-refractivity contribution in [1.82, 2.24) is 0 Å². The lowest BCUT2D eigenvalue weighted by Crippen LogP contribution is -2.39. The van der Waals surface area contributed by atoms with Gasteiger partial charge in [-0.1, -0.05) is 50.6 Å². The second-order valence-electron chi connectivity index (χ2n) is 8.24. The predicted octanol–water partition coefficient (Wildman–Crippen LogP) is 5.54. The molecule has 0 N–H and O–H groups in total. The van der Waals surface area contributed by atoms with Gasteiger partial charge in [-0.25, -0.2) is 0 Å². The average molecular weight is 379 g/mol. The van der Waals surface area contributed by atoms with Crippen molar-refractivity contribution >= 4 is 5.97 Å². The van der Waals surface area contributed by atoms with Gasteiger partial charge in [-0.15, -0.1) is 0 Å². The maximum atomic E-state index is 11.5. The Hall–Kier alpha value is -1.39. The Morgan fingerprint density at radius 3 is 2.30 bits per heavy atom. The number of ether oxygens (including phenoxy) is 3. The molecule has 27 heavy (non-hydrogen) atoms. The highest BCUT2D eigenvalue weighted by Gasteiger charge is 2.31. The Kier molecular flexibility index (Phi) is 10.6. The van der Waals surface area contributed by atoms with Gasteiger partial charge in [-0.05, 0) is 45.6 Å². The minimum absolute atomic E-state index is 0.0289. The molecular weight excluding hydrogens is 340 g/mol. The first-order chi connectivity index (χ1) is 12.7. The highest BCUT2D eigenvalue weighted by molar-refractivity contribution is 5.66. The van der Waals surface area contributed by atoms with Crippen LogP contribution in [0.15, 0.2) is 30.3 Å². The number of carbonyl (C=O) groups excluding carboxylic acids is 1. The molecule has 0 amide bonds. The second kappa shape index (κ2) is 12.1. The molecule has 4 nitrogen and oxygen atoms in total. The van der Waals surface area contributed by atoms with Crippen LogP contribution in [0.2, 0.25) is 0 Å². The fourth-order valence-corrected chi connectivity index (χ4v) is 3.20. The number of hydrogen-bond donors (Lipinski definition) is 0. The molecule has 0 aromatic heterocycles. The van der Waals surface area contributed by atoms with Gasteiger partial charge in [-0.3, -0.25) is 4.79 Å². The molecule has 0 spiro atoms. The minimum atomic E-state index is -0.239. The van der Waals surface area contributed by atoms with Crippen LogP contribution in [0, 0.1) is 5.92 Å². The largest absolute Gasteiger partial charge is 0.462 e. The highest BCUT2D eigenvalue weighted by atomic mass is 16.5. The molecule has 0 fully saturated rings. The van der Waals surface area contributed by atoms with Gasteiger partial charge < -0.3 is 14.2 Å². The molecule has 0 saturated carbocycles. The molecule has 154 valence electrons. The van der Waals surface area contributed by atoms with E-state index in [2.05, 4.69) is 46.8 Å². The van der Waals surface area contributed by atoms with Crippen molar-refractivity contribution in [3.63, 3.8) is 0 Å². The van der Waals surface area contributed by atoms with E-state index in [0.29, 0.717) is 13.2 Å². The summed E-state index contributed by atoms with van der Waals surface area (Å²) in [5.41, 5.74) is 0.947. The molecule has 0 unspecified atom stereocenters. The molecule has 0 bridgehead atoms. The first-order valence-electron chi connectivity index (χ1n) is 10.2. The average Bonchev–Trinajstić information content (AvgIpc) is 2.59. The second-order valence-corrected chi connectivity index (χ2v) is 8.24. The van der Waals surface area contributed by atoms with E-state index in [1.807, 2.05) is 18.2 Å². The first kappa shape index (κ1) is 23.6. The summed E-state index contributed by atoms with van der Waals surface area (Å²) in [4.78, 5) is 11.5. The van der Waals surface area contributed by atoms with Gasteiger partial charge in [0.05, 0.1) is 18.3 Å². The molecule has 1 rings (SSSR count). The smallest absolute Gasteiger partial charge is 0.302 e. The lowest BCUT2D eigenvalue weighted by atomic mass is 9.91. The molecule has 1 aromatic rings. The van der Waals surface area contributed by atoms with Crippen LogP contribution in [0.5, 0.6) is 0 Å². The Morgan fingerprint density at radius 1 is 1.07 bits per heavy atom. The molecule has 0 heterocycles. The third-order valence-electron chi connectivity index (χ3n) is 4.46. The number of rotatable bonds is 12. The number of carbonyl (C=O) groups is 1. The minimum Gasteiger partial charge on any atom is -0.462 e. The molecule has 0 aliphatic heterocycles. The SMILES string of the molecule is CCC[C@H](OC(C)=O)[C@H](C)[C@H](CCCOCc1ccccc1)OC(C)(C)C. The van der Waals surface area contributed by atoms with Gasteiger partial charge in [0, 0.05) is 19.4 Å². The van der Waals surface area contributed by atoms with Crippen molar-refractivity contribution in [2.75, 3.05) is 6.61 Å². The third kappa shape index (κ3) is 10.5. The summed E-state index contributed by atoms with van der Waals surface area (Å²) in [7, 11) is 0. The van der Waals surface area contributed by atoms with Crippen LogP contribution in [0.1, 0.15) is 72.8 Å². The zero-order valence-corrected chi connectivity index (χ0v) is 18.0. The van der Waals surface area contributed by atoms with E-state index in [9.17, 15) is 4.79 Å². The monoisotopic (exact) mass is 378 g/mol. The summed E-state index contributed by atoms with van der Waals surface area (Å²) in [6.45, 7) is 13.2. The van der Waals surface area contributed by atoms with Crippen molar-refractivity contribution in [2.45, 2.75) is 91.6 Å². The van der Waals surface area contributed by atoms with Crippen LogP contribution in [0.25, 0.3) is 0 Å². The fraction of sp³-hybridized carbons (Fsp3) is 0.696. The van der Waals surface area contributed by atoms with Crippen molar-refractivity contribution in [1.29, 1.82) is 0 Å². The topological polar surface area (TPSA) is 44.8 Å². The molecular formula is C23H38O4. The third-order valence-corrected chi connectivity index (χ3v) is 4.46. The van der Waals surface area contributed by atoms with Crippen LogP contribution in [-0.2, 0) is 25.6 Å². The Morgan fingerprint density at radius 2 is 1.74 bits per heavy atom. The van der Waals surface area contributed by atoms with Crippen LogP contribution in [-0.4, -0.2) is 30.4 Å². The van der Waals surface area contributed by atoms with E-state index in [0.717, 1.165) is 25.7 Å². The van der Waals surface area contributed by atoms with Crippen LogP contribution in [0.4, 0.5) is 0 Å². The standard InChI is InChI=1S/C23H38O4/c1-7-12-21(26-19(3)24)18(2)22(27-23(4,5)6)15-11-16-25-17-20-13-9-8-10-14-20/h8-10,13-14,18,21-22H,7,11-12,15-17H2,1-6H3/t18-,21-,22-/m0/s1. The summed E-state index contributed by atoms with van der Waals surface area (Å²) in [5, 5.41) is 0. The molecule has 0 radical (unpaired) electrons. The van der Waals surface area contributed by atoms with Crippen molar-refractivity contribution in [3.05, 3.63) is 35.9 Å². The van der Waals surface area contributed by atoms with Crippen LogP contribution in [0.3, 0.4) is 0 Å². The lowest BCUT2D eigenvalue weighted by Gasteiger charge is -2.35. The van der Waals surface area contributed by atoms with Gasteiger partial charge in [0.15, 0.2) is 0 Å². The Labute approximate surface area is 165 Å². The van der Waals surface area contributed by atoms with Crippen molar-refractivity contribution < 1.29 is 19.0 Å². The van der Waals surface area contributed by atoms with E-state index < -0.39 is 0 Å².